The molecule has 1 aliphatic heterocycles. The molecule has 2 rings (SSSR count). The minimum Gasteiger partial charge on any atom is -0.150 e. The van der Waals surface area contributed by atoms with Crippen LogP contribution in [-0.2, 0) is 0 Å². The molecular formula is C8H6Br2S2Si. The Kier molecular flexibility index (Phi) is 3.20. The summed E-state index contributed by atoms with van der Waals surface area (Å²) >= 11 is 8.85. The van der Waals surface area contributed by atoms with Gasteiger partial charge >= 0.3 is 0 Å². The zero-order chi connectivity index (χ0) is 9.42. The first-order valence-corrected chi connectivity index (χ1v) is 9.08. The quantitative estimate of drug-likeness (QED) is 0.671. The highest BCUT2D eigenvalue weighted by atomic mass is 79.9. The maximum absolute atomic E-state index is 3.57. The Morgan fingerprint density at radius 3 is 2.46 bits per heavy atom. The Morgan fingerprint density at radius 2 is 2.00 bits per heavy atom. The van der Waals surface area contributed by atoms with E-state index in [4.69, 9.17) is 0 Å². The Morgan fingerprint density at radius 1 is 1.23 bits per heavy atom. The second-order valence-electron chi connectivity index (χ2n) is 2.50. The van der Waals surface area contributed by atoms with E-state index < -0.39 is 0 Å². The van der Waals surface area contributed by atoms with Crippen molar-refractivity contribution in [1.82, 2.24) is 0 Å². The van der Waals surface area contributed by atoms with E-state index >= 15 is 0 Å². The van der Waals surface area contributed by atoms with Crippen LogP contribution in [0.25, 0.3) is 4.91 Å². The minimum atomic E-state index is 0.263. The van der Waals surface area contributed by atoms with Gasteiger partial charge in [-0.3, -0.25) is 0 Å². The van der Waals surface area contributed by atoms with Crippen LogP contribution >= 0.6 is 53.1 Å². The zero-order valence-corrected chi connectivity index (χ0v) is 12.8. The third kappa shape index (κ3) is 2.04. The minimum absolute atomic E-state index is 0.263. The van der Waals surface area contributed by atoms with Gasteiger partial charge in [0.05, 0.1) is 3.79 Å². The summed E-state index contributed by atoms with van der Waals surface area (Å²) in [7, 11) is 2.30. The summed E-state index contributed by atoms with van der Waals surface area (Å²) in [6, 6.07) is 4.28. The molecule has 0 amide bonds. The van der Waals surface area contributed by atoms with Crippen molar-refractivity contribution in [3.8, 4) is 0 Å². The molecule has 0 spiro atoms. The summed E-state index contributed by atoms with van der Waals surface area (Å²) in [4.78, 5) is 2.82. The maximum Gasteiger partial charge on any atom is 0.0705 e. The molecule has 0 fully saturated rings. The van der Waals surface area contributed by atoms with Crippen LogP contribution in [0.15, 0.2) is 31.9 Å². The lowest BCUT2D eigenvalue weighted by molar-refractivity contribution is 1.91. The fourth-order valence-corrected chi connectivity index (χ4v) is 5.79. The number of halogens is 2. The fourth-order valence-electron chi connectivity index (χ4n) is 1.06. The smallest absolute Gasteiger partial charge is 0.0705 e. The number of thiophene rings is 1. The highest BCUT2D eigenvalue weighted by molar-refractivity contribution is 9.14. The van der Waals surface area contributed by atoms with Crippen LogP contribution in [0.4, 0.5) is 0 Å². The molecule has 0 saturated heterocycles. The molecule has 2 heterocycles. The third-order valence-electron chi connectivity index (χ3n) is 1.68. The van der Waals surface area contributed by atoms with Crippen LogP contribution in [0.3, 0.4) is 0 Å². The van der Waals surface area contributed by atoms with Crippen molar-refractivity contribution in [2.24, 2.45) is 0 Å². The monoisotopic (exact) mass is 352 g/mol. The van der Waals surface area contributed by atoms with Crippen LogP contribution < -0.4 is 0 Å². The fraction of sp³-hybridized carbons (Fsp3) is 0. The lowest BCUT2D eigenvalue weighted by Crippen LogP contribution is -1.70. The van der Waals surface area contributed by atoms with Crippen molar-refractivity contribution in [1.29, 1.82) is 0 Å². The van der Waals surface area contributed by atoms with E-state index in [0.29, 0.717) is 0 Å². The molecule has 0 radical (unpaired) electrons. The first-order valence-electron chi connectivity index (χ1n) is 3.55. The van der Waals surface area contributed by atoms with E-state index in [1.807, 2.05) is 8.95 Å². The highest BCUT2D eigenvalue weighted by Gasteiger charge is 2.12. The SMILES string of the molecule is [SiH2]=S1C(Br)=CC=C1c1ccc(Br)s1. The summed E-state index contributed by atoms with van der Waals surface area (Å²) in [6.07, 6.45) is 4.36. The van der Waals surface area contributed by atoms with Crippen molar-refractivity contribution < 1.29 is 0 Å². The molecule has 1 aromatic heterocycles. The summed E-state index contributed by atoms with van der Waals surface area (Å²) in [5.41, 5.74) is 0. The van der Waals surface area contributed by atoms with Crippen molar-refractivity contribution >= 4 is 66.9 Å². The van der Waals surface area contributed by atoms with Gasteiger partial charge in [0.15, 0.2) is 0 Å². The molecule has 5 heteroatoms. The normalized spacial score (nSPS) is 21.5. The van der Waals surface area contributed by atoms with E-state index in [0.717, 1.165) is 0 Å². The standard InChI is InChI=1S/C8H6Br2S2Si/c9-7-3-1-5(11-7)6-2-4-8(10)12(6)13/h1-4H,13H2. The average molecular weight is 354 g/mol. The molecule has 0 saturated carbocycles. The van der Waals surface area contributed by atoms with Crippen molar-refractivity contribution in [2.75, 3.05) is 0 Å². The zero-order valence-electron chi connectivity index (χ0n) is 6.59. The van der Waals surface area contributed by atoms with E-state index in [2.05, 4.69) is 56.1 Å². The van der Waals surface area contributed by atoms with Gasteiger partial charge in [0.2, 0.25) is 0 Å². The molecule has 0 bridgehead atoms. The van der Waals surface area contributed by atoms with E-state index in [1.54, 1.807) is 11.3 Å². The van der Waals surface area contributed by atoms with Crippen LogP contribution in [-0.4, -0.2) is 8.95 Å². The lowest BCUT2D eigenvalue weighted by Gasteiger charge is -2.03. The second-order valence-corrected chi connectivity index (χ2v) is 9.73. The molecule has 1 aromatic rings. The van der Waals surface area contributed by atoms with Gasteiger partial charge in [-0.15, -0.1) is 11.3 Å². The number of rotatable bonds is 1. The number of allylic oxidation sites excluding steroid dienone is 2. The molecule has 68 valence electrons. The first kappa shape index (κ1) is 10.2. The Hall–Kier alpha value is 0.707. The summed E-state index contributed by atoms with van der Waals surface area (Å²) in [6.45, 7) is 0. The van der Waals surface area contributed by atoms with Crippen molar-refractivity contribution in [3.63, 3.8) is 0 Å². The predicted molar refractivity (Wildman–Crippen MR) is 73.1 cm³/mol. The Bertz CT molecular complexity index is 431. The molecule has 1 unspecified atom stereocenters. The summed E-state index contributed by atoms with van der Waals surface area (Å²) < 4.78 is 2.51. The second kappa shape index (κ2) is 4.06. The van der Waals surface area contributed by atoms with E-state index in [-0.39, 0.29) is 9.89 Å². The molecule has 0 aliphatic carbocycles. The van der Waals surface area contributed by atoms with Crippen molar-refractivity contribution in [2.45, 2.75) is 0 Å². The van der Waals surface area contributed by atoms with Gasteiger partial charge in [-0.05, 0) is 56.1 Å². The first-order chi connectivity index (χ1) is 6.18. The lowest BCUT2D eigenvalue weighted by atomic mass is 10.4. The maximum atomic E-state index is 3.57. The molecule has 0 N–H and O–H groups in total. The summed E-state index contributed by atoms with van der Waals surface area (Å²) in [5, 5.41) is 0. The topological polar surface area (TPSA) is 0 Å². The van der Waals surface area contributed by atoms with Crippen LogP contribution in [0.1, 0.15) is 4.88 Å². The van der Waals surface area contributed by atoms with Gasteiger partial charge in [0.25, 0.3) is 0 Å². The average Bonchev–Trinajstić information content (AvgIpc) is 2.62. The molecular weight excluding hydrogens is 348 g/mol. The van der Waals surface area contributed by atoms with Crippen molar-refractivity contribution in [3.05, 3.63) is 36.8 Å². The van der Waals surface area contributed by atoms with Gasteiger partial charge in [0.1, 0.15) is 0 Å². The molecule has 13 heavy (non-hydrogen) atoms. The van der Waals surface area contributed by atoms with Gasteiger partial charge < -0.3 is 0 Å². The Labute approximate surface area is 103 Å². The van der Waals surface area contributed by atoms with Crippen LogP contribution in [0, 0.1) is 0 Å². The molecule has 1 aliphatic rings. The number of hydrogen-bond donors (Lipinski definition) is 0. The van der Waals surface area contributed by atoms with Gasteiger partial charge in [0, 0.05) is 22.5 Å². The number of hydrogen-bond acceptors (Lipinski definition) is 1. The molecule has 0 nitrogen and oxygen atoms in total. The molecule has 1 atom stereocenters. The highest BCUT2D eigenvalue weighted by Crippen LogP contribution is 2.48. The van der Waals surface area contributed by atoms with Gasteiger partial charge in [-0.25, -0.2) is 0 Å². The van der Waals surface area contributed by atoms with Gasteiger partial charge in [-0.2, -0.15) is 9.89 Å². The summed E-state index contributed by atoms with van der Waals surface area (Å²) in [5.74, 6) is 0. The largest absolute Gasteiger partial charge is 0.150 e. The van der Waals surface area contributed by atoms with E-state index in [9.17, 15) is 0 Å². The van der Waals surface area contributed by atoms with Crippen LogP contribution in [0.2, 0.25) is 0 Å². The van der Waals surface area contributed by atoms with Gasteiger partial charge in [-0.1, -0.05) is 0 Å². The third-order valence-corrected chi connectivity index (χ3v) is 9.53. The van der Waals surface area contributed by atoms with E-state index in [1.165, 1.54) is 17.4 Å². The predicted octanol–water partition coefficient (Wildman–Crippen LogP) is 3.92. The Balaban J connectivity index is 2.36. The molecule has 0 aromatic carbocycles. The van der Waals surface area contributed by atoms with Crippen LogP contribution in [0.5, 0.6) is 0 Å².